The highest BCUT2D eigenvalue weighted by atomic mass is 16.7. The van der Waals surface area contributed by atoms with Crippen LogP contribution in [-0.2, 0) is 20.9 Å². The maximum Gasteiger partial charge on any atom is 0.335 e. The zero-order valence-electron chi connectivity index (χ0n) is 13.2. The highest BCUT2D eigenvalue weighted by Crippen LogP contribution is 2.28. The van der Waals surface area contributed by atoms with Crippen LogP contribution >= 0.6 is 0 Å². The summed E-state index contributed by atoms with van der Waals surface area (Å²) in [7, 11) is 3.28. The average molecular weight is 343 g/mol. The first-order valence-corrected chi connectivity index (χ1v) is 7.27. The Labute approximate surface area is 138 Å². The van der Waals surface area contributed by atoms with Gasteiger partial charge in [-0.15, -0.1) is 0 Å². The fraction of sp³-hybridized carbons (Fsp3) is 0.533. The Balaban J connectivity index is 2.18. The van der Waals surface area contributed by atoms with E-state index in [0.29, 0.717) is 6.61 Å². The maximum atomic E-state index is 11.1. The summed E-state index contributed by atoms with van der Waals surface area (Å²) in [4.78, 5) is 11.1. The van der Waals surface area contributed by atoms with Gasteiger partial charge >= 0.3 is 5.97 Å². The molecule has 0 saturated carbocycles. The Morgan fingerprint density at radius 2 is 1.96 bits per heavy atom. The largest absolute Gasteiger partial charge is 0.479 e. The molecule has 2 rings (SSSR count). The van der Waals surface area contributed by atoms with E-state index in [-0.39, 0.29) is 5.75 Å². The van der Waals surface area contributed by atoms with Crippen molar-refractivity contribution < 1.29 is 39.4 Å². The van der Waals surface area contributed by atoms with Gasteiger partial charge in [0.1, 0.15) is 24.1 Å². The quantitative estimate of drug-likeness (QED) is 0.447. The van der Waals surface area contributed by atoms with E-state index in [9.17, 15) is 20.1 Å². The fourth-order valence-electron chi connectivity index (χ4n) is 2.43. The predicted octanol–water partition coefficient (Wildman–Crippen LogP) is -0.854. The van der Waals surface area contributed by atoms with E-state index in [1.54, 1.807) is 32.4 Å². The molecule has 0 radical (unpaired) electrons. The molecule has 134 valence electrons. The molecule has 1 heterocycles. The predicted molar refractivity (Wildman–Crippen MR) is 81.6 cm³/mol. The summed E-state index contributed by atoms with van der Waals surface area (Å²) in [6, 6.07) is 4.95. The second kappa shape index (κ2) is 7.77. The zero-order valence-corrected chi connectivity index (χ0v) is 13.2. The number of aliphatic carboxylic acids is 1. The van der Waals surface area contributed by atoms with Gasteiger partial charge in [-0.05, 0) is 6.07 Å². The van der Waals surface area contributed by atoms with Crippen molar-refractivity contribution in [3.05, 3.63) is 23.8 Å². The van der Waals surface area contributed by atoms with Crippen molar-refractivity contribution in [1.29, 1.82) is 0 Å². The van der Waals surface area contributed by atoms with Crippen LogP contribution in [0.2, 0.25) is 0 Å². The third kappa shape index (κ3) is 3.77. The monoisotopic (exact) mass is 343 g/mol. The SMILES string of the molecule is CNc1cc(OC2OC(C(=O)O)C(O)C(O)C2O)ccc1COC. The molecule has 1 fully saturated rings. The number of aliphatic hydroxyl groups excluding tert-OH is 3. The number of anilines is 1. The fourth-order valence-corrected chi connectivity index (χ4v) is 2.43. The van der Waals surface area contributed by atoms with E-state index in [0.717, 1.165) is 11.3 Å². The van der Waals surface area contributed by atoms with E-state index in [2.05, 4.69) is 5.32 Å². The van der Waals surface area contributed by atoms with Crippen LogP contribution in [0.5, 0.6) is 5.75 Å². The van der Waals surface area contributed by atoms with E-state index < -0.39 is 36.7 Å². The zero-order chi connectivity index (χ0) is 17.9. The molecule has 1 saturated heterocycles. The number of ether oxygens (including phenoxy) is 3. The molecule has 5 unspecified atom stereocenters. The Bertz CT molecular complexity index is 581. The van der Waals surface area contributed by atoms with Crippen LogP contribution in [0.4, 0.5) is 5.69 Å². The van der Waals surface area contributed by atoms with E-state index in [1.165, 1.54) is 0 Å². The maximum absolute atomic E-state index is 11.1. The molecule has 1 aromatic rings. The second-order valence-electron chi connectivity index (χ2n) is 5.35. The van der Waals surface area contributed by atoms with Gasteiger partial charge in [0.2, 0.25) is 6.29 Å². The molecule has 24 heavy (non-hydrogen) atoms. The summed E-state index contributed by atoms with van der Waals surface area (Å²) in [5, 5.41) is 41.3. The standard InChI is InChI=1S/C15H21NO8/c1-16-9-5-8(4-3-7(9)6-22-2)23-15-12(19)10(17)11(18)13(24-15)14(20)21/h3-5,10-13,15-19H,6H2,1-2H3,(H,20,21). The number of carboxylic acid groups (broad SMARTS) is 1. The normalized spacial score (nSPS) is 30.0. The van der Waals surface area contributed by atoms with Gasteiger partial charge < -0.3 is 40.0 Å². The number of methoxy groups -OCH3 is 1. The van der Waals surface area contributed by atoms with Crippen LogP contribution in [0, 0.1) is 0 Å². The molecule has 5 atom stereocenters. The Hall–Kier alpha value is -1.91. The van der Waals surface area contributed by atoms with Crippen molar-refractivity contribution in [3.63, 3.8) is 0 Å². The molecule has 1 aliphatic rings. The molecule has 1 aromatic carbocycles. The van der Waals surface area contributed by atoms with Crippen LogP contribution in [0.3, 0.4) is 0 Å². The molecule has 1 aliphatic heterocycles. The third-order valence-corrected chi connectivity index (χ3v) is 3.72. The van der Waals surface area contributed by atoms with Gasteiger partial charge in [-0.2, -0.15) is 0 Å². The average Bonchev–Trinajstić information content (AvgIpc) is 2.56. The van der Waals surface area contributed by atoms with Crippen molar-refractivity contribution in [2.75, 3.05) is 19.5 Å². The number of hydrogen-bond acceptors (Lipinski definition) is 8. The van der Waals surface area contributed by atoms with Gasteiger partial charge in [0.05, 0.1) is 6.61 Å². The number of nitrogens with one attached hydrogen (secondary N) is 1. The van der Waals surface area contributed by atoms with E-state index in [1.807, 2.05) is 0 Å². The molecule has 9 nitrogen and oxygen atoms in total. The first-order chi connectivity index (χ1) is 11.4. The van der Waals surface area contributed by atoms with Crippen molar-refractivity contribution >= 4 is 11.7 Å². The number of aliphatic hydroxyl groups is 3. The first kappa shape index (κ1) is 18.4. The molecule has 0 amide bonds. The third-order valence-electron chi connectivity index (χ3n) is 3.72. The summed E-state index contributed by atoms with van der Waals surface area (Å²) < 4.78 is 15.6. The summed E-state index contributed by atoms with van der Waals surface area (Å²) in [6.07, 6.45) is -8.21. The molecule has 0 aliphatic carbocycles. The molecule has 0 bridgehead atoms. The lowest BCUT2D eigenvalue weighted by Gasteiger charge is -2.38. The number of benzene rings is 1. The second-order valence-corrected chi connectivity index (χ2v) is 5.35. The first-order valence-electron chi connectivity index (χ1n) is 7.27. The molecule has 0 spiro atoms. The molecule has 5 N–H and O–H groups in total. The van der Waals surface area contributed by atoms with Gasteiger partial charge in [-0.1, -0.05) is 6.07 Å². The lowest BCUT2D eigenvalue weighted by atomic mass is 9.99. The van der Waals surface area contributed by atoms with Gasteiger partial charge in [0.25, 0.3) is 0 Å². The van der Waals surface area contributed by atoms with Crippen molar-refractivity contribution in [2.24, 2.45) is 0 Å². The molecule has 0 aromatic heterocycles. The topological polar surface area (TPSA) is 138 Å². The van der Waals surface area contributed by atoms with Gasteiger partial charge in [0.15, 0.2) is 6.10 Å². The summed E-state index contributed by atoms with van der Waals surface area (Å²) >= 11 is 0. The number of carbonyl (C=O) groups is 1. The highest BCUT2D eigenvalue weighted by Gasteiger charge is 2.48. The minimum absolute atomic E-state index is 0.288. The van der Waals surface area contributed by atoms with Crippen molar-refractivity contribution in [1.82, 2.24) is 0 Å². The Morgan fingerprint density at radius 3 is 2.54 bits per heavy atom. The van der Waals surface area contributed by atoms with E-state index in [4.69, 9.17) is 19.3 Å². The Kier molecular flexibility index (Phi) is 5.97. The van der Waals surface area contributed by atoms with Crippen LogP contribution in [0.1, 0.15) is 5.56 Å². The lowest BCUT2D eigenvalue weighted by Crippen LogP contribution is -2.61. The highest BCUT2D eigenvalue weighted by molar-refractivity contribution is 5.73. The Morgan fingerprint density at radius 1 is 1.25 bits per heavy atom. The minimum Gasteiger partial charge on any atom is -0.479 e. The van der Waals surface area contributed by atoms with Gasteiger partial charge in [-0.25, -0.2) is 4.79 Å². The summed E-state index contributed by atoms with van der Waals surface area (Å²) in [5.74, 6) is -1.18. The van der Waals surface area contributed by atoms with Crippen molar-refractivity contribution in [2.45, 2.75) is 37.3 Å². The molecule has 9 heteroatoms. The van der Waals surface area contributed by atoms with Gasteiger partial charge in [0, 0.05) is 31.5 Å². The molecular weight excluding hydrogens is 322 g/mol. The molecular formula is C15H21NO8. The minimum atomic E-state index is -1.76. The van der Waals surface area contributed by atoms with Crippen LogP contribution in [-0.4, -0.2) is 71.3 Å². The van der Waals surface area contributed by atoms with E-state index >= 15 is 0 Å². The smallest absolute Gasteiger partial charge is 0.335 e. The lowest BCUT2D eigenvalue weighted by molar-refractivity contribution is -0.271. The van der Waals surface area contributed by atoms with Crippen LogP contribution in [0.25, 0.3) is 0 Å². The summed E-state index contributed by atoms with van der Waals surface area (Å²) in [6.45, 7) is 0.380. The number of hydrogen-bond donors (Lipinski definition) is 5. The van der Waals surface area contributed by atoms with Crippen LogP contribution < -0.4 is 10.1 Å². The summed E-state index contributed by atoms with van der Waals surface area (Å²) in [5.41, 5.74) is 1.59. The number of rotatable bonds is 6. The van der Waals surface area contributed by atoms with Crippen molar-refractivity contribution in [3.8, 4) is 5.75 Å². The van der Waals surface area contributed by atoms with Crippen LogP contribution in [0.15, 0.2) is 18.2 Å². The number of carboxylic acids is 1. The van der Waals surface area contributed by atoms with Gasteiger partial charge in [-0.3, -0.25) is 0 Å².